The first-order valence-electron chi connectivity index (χ1n) is 6.02. The van der Waals surface area contributed by atoms with Gasteiger partial charge < -0.3 is 4.74 Å². The van der Waals surface area contributed by atoms with Crippen LogP contribution in [0.4, 0.5) is 0 Å². The minimum atomic E-state index is -3.71. The smallest absolute Gasteiger partial charge is 0.323 e. The van der Waals surface area contributed by atoms with E-state index >= 15 is 0 Å². The fourth-order valence-electron chi connectivity index (χ4n) is 1.66. The second-order valence-corrected chi connectivity index (χ2v) is 6.35. The number of carbonyl (C=O) groups excluding carboxylic acids is 1. The summed E-state index contributed by atoms with van der Waals surface area (Å²) in [5.41, 5.74) is 0. The summed E-state index contributed by atoms with van der Waals surface area (Å²) in [6, 6.07) is 7.08. The molecule has 0 amide bonds. The van der Waals surface area contributed by atoms with E-state index in [9.17, 15) is 13.2 Å². The summed E-state index contributed by atoms with van der Waals surface area (Å²) in [5, 5.41) is 0. The monoisotopic (exact) mass is 285 g/mol. The van der Waals surface area contributed by atoms with E-state index in [4.69, 9.17) is 0 Å². The summed E-state index contributed by atoms with van der Waals surface area (Å²) in [6.45, 7) is 3.82. The Labute approximate surface area is 114 Å². The van der Waals surface area contributed by atoms with Gasteiger partial charge in [-0.2, -0.15) is 4.72 Å². The van der Waals surface area contributed by atoms with Gasteiger partial charge in [0.15, 0.2) is 0 Å². The molecule has 0 aliphatic rings. The Bertz CT molecular complexity index is 511. The normalized spacial score (nSPS) is 13.3. The molecule has 1 aromatic carbocycles. The van der Waals surface area contributed by atoms with E-state index in [-0.39, 0.29) is 10.8 Å². The first-order valence-corrected chi connectivity index (χ1v) is 7.50. The lowest BCUT2D eigenvalue weighted by atomic mass is 10.1. The van der Waals surface area contributed by atoms with Crippen molar-refractivity contribution in [1.82, 2.24) is 4.72 Å². The standard InChI is InChI=1S/C13H19NO4S/c1-10(2)9-12(13(15)18-3)14-19(16,17)11-7-5-4-6-8-11/h4-8,10,12,14H,9H2,1-3H3/t12-/m1/s1. The van der Waals surface area contributed by atoms with Crippen molar-refractivity contribution in [1.29, 1.82) is 0 Å². The number of hydrogen-bond acceptors (Lipinski definition) is 4. The van der Waals surface area contributed by atoms with Crippen LogP contribution in [0.25, 0.3) is 0 Å². The second kappa shape index (κ2) is 6.68. The molecule has 1 N–H and O–H groups in total. The summed E-state index contributed by atoms with van der Waals surface area (Å²) in [4.78, 5) is 11.7. The van der Waals surface area contributed by atoms with E-state index in [1.165, 1.54) is 19.2 Å². The molecule has 106 valence electrons. The van der Waals surface area contributed by atoms with E-state index in [0.717, 1.165) is 0 Å². The van der Waals surface area contributed by atoms with Gasteiger partial charge in [-0.1, -0.05) is 32.0 Å². The fourth-order valence-corrected chi connectivity index (χ4v) is 2.88. The molecule has 0 spiro atoms. The molecule has 0 aromatic heterocycles. The molecular formula is C13H19NO4S. The molecule has 0 saturated carbocycles. The van der Waals surface area contributed by atoms with Crippen molar-refractivity contribution in [3.63, 3.8) is 0 Å². The van der Waals surface area contributed by atoms with Crippen LogP contribution in [0.1, 0.15) is 20.3 Å². The Balaban J connectivity index is 2.92. The molecule has 0 aliphatic carbocycles. The first kappa shape index (κ1) is 15.7. The molecule has 6 heteroatoms. The minimum absolute atomic E-state index is 0.132. The molecule has 19 heavy (non-hydrogen) atoms. The highest BCUT2D eigenvalue weighted by Gasteiger charge is 2.26. The van der Waals surface area contributed by atoms with Crippen LogP contribution in [-0.2, 0) is 19.6 Å². The van der Waals surface area contributed by atoms with E-state index < -0.39 is 22.0 Å². The van der Waals surface area contributed by atoms with Crippen molar-refractivity contribution >= 4 is 16.0 Å². The zero-order valence-corrected chi connectivity index (χ0v) is 12.1. The highest BCUT2D eigenvalue weighted by Crippen LogP contribution is 2.12. The van der Waals surface area contributed by atoms with Gasteiger partial charge in [0.05, 0.1) is 12.0 Å². The van der Waals surface area contributed by atoms with Gasteiger partial charge in [0.2, 0.25) is 10.0 Å². The number of esters is 1. The number of methoxy groups -OCH3 is 1. The first-order chi connectivity index (χ1) is 8.86. The van der Waals surface area contributed by atoms with Gasteiger partial charge in [0.1, 0.15) is 6.04 Å². The lowest BCUT2D eigenvalue weighted by molar-refractivity contribution is -0.143. The Hall–Kier alpha value is -1.40. The zero-order chi connectivity index (χ0) is 14.5. The van der Waals surface area contributed by atoms with Crippen LogP contribution >= 0.6 is 0 Å². The van der Waals surface area contributed by atoms with E-state index in [1.807, 2.05) is 13.8 Å². The molecule has 0 aliphatic heterocycles. The SMILES string of the molecule is COC(=O)[C@@H](CC(C)C)NS(=O)(=O)c1ccccc1. The number of benzene rings is 1. The quantitative estimate of drug-likeness (QED) is 0.805. The molecule has 1 atom stereocenters. The van der Waals surface area contributed by atoms with Gasteiger partial charge in [-0.15, -0.1) is 0 Å². The Kier molecular flexibility index (Phi) is 5.50. The predicted molar refractivity (Wildman–Crippen MR) is 72.0 cm³/mol. The zero-order valence-electron chi connectivity index (χ0n) is 11.3. The summed E-state index contributed by atoms with van der Waals surface area (Å²) in [7, 11) is -2.47. The fraction of sp³-hybridized carbons (Fsp3) is 0.462. The van der Waals surface area contributed by atoms with Crippen molar-refractivity contribution in [2.75, 3.05) is 7.11 Å². The maximum Gasteiger partial charge on any atom is 0.323 e. The molecule has 0 saturated heterocycles. The number of sulfonamides is 1. The van der Waals surface area contributed by atoms with Crippen LogP contribution in [-0.4, -0.2) is 27.5 Å². The molecule has 0 unspecified atom stereocenters. The second-order valence-electron chi connectivity index (χ2n) is 4.64. The average molecular weight is 285 g/mol. The van der Waals surface area contributed by atoms with Crippen molar-refractivity contribution in [3.8, 4) is 0 Å². The van der Waals surface area contributed by atoms with Crippen LogP contribution in [0.15, 0.2) is 35.2 Å². The van der Waals surface area contributed by atoms with Gasteiger partial charge in [0.25, 0.3) is 0 Å². The molecule has 1 aromatic rings. The molecule has 0 bridgehead atoms. The van der Waals surface area contributed by atoms with E-state index in [0.29, 0.717) is 6.42 Å². The van der Waals surface area contributed by atoms with E-state index in [2.05, 4.69) is 9.46 Å². The number of rotatable bonds is 6. The topological polar surface area (TPSA) is 72.5 Å². The van der Waals surface area contributed by atoms with Crippen LogP contribution in [0.2, 0.25) is 0 Å². The third-order valence-electron chi connectivity index (χ3n) is 2.54. The lowest BCUT2D eigenvalue weighted by Crippen LogP contribution is -2.42. The van der Waals surface area contributed by atoms with Crippen LogP contribution < -0.4 is 4.72 Å². The van der Waals surface area contributed by atoms with E-state index in [1.54, 1.807) is 18.2 Å². The number of nitrogens with one attached hydrogen (secondary N) is 1. The number of hydrogen-bond donors (Lipinski definition) is 1. The average Bonchev–Trinajstić information content (AvgIpc) is 2.37. The highest BCUT2D eigenvalue weighted by atomic mass is 32.2. The lowest BCUT2D eigenvalue weighted by Gasteiger charge is -2.18. The maximum absolute atomic E-state index is 12.1. The van der Waals surface area contributed by atoms with Gasteiger partial charge in [-0.05, 0) is 24.5 Å². The minimum Gasteiger partial charge on any atom is -0.468 e. The summed E-state index contributed by atoms with van der Waals surface area (Å²) < 4.78 is 31.3. The molecule has 0 heterocycles. The largest absolute Gasteiger partial charge is 0.468 e. The van der Waals surface area contributed by atoms with Crippen molar-refractivity contribution in [2.24, 2.45) is 5.92 Å². The van der Waals surface area contributed by atoms with Crippen LogP contribution in [0.3, 0.4) is 0 Å². The Morgan fingerprint density at radius 3 is 2.32 bits per heavy atom. The van der Waals surface area contributed by atoms with Gasteiger partial charge in [-0.3, -0.25) is 4.79 Å². The third kappa shape index (κ3) is 4.65. The van der Waals surface area contributed by atoms with Crippen molar-refractivity contribution in [3.05, 3.63) is 30.3 Å². The number of ether oxygens (including phenoxy) is 1. The summed E-state index contributed by atoms with van der Waals surface area (Å²) in [6.07, 6.45) is 0.388. The maximum atomic E-state index is 12.1. The van der Waals surface area contributed by atoms with Gasteiger partial charge in [0, 0.05) is 0 Å². The van der Waals surface area contributed by atoms with Crippen molar-refractivity contribution in [2.45, 2.75) is 31.2 Å². The third-order valence-corrected chi connectivity index (χ3v) is 4.03. The Morgan fingerprint density at radius 2 is 1.84 bits per heavy atom. The molecule has 1 rings (SSSR count). The van der Waals surface area contributed by atoms with Gasteiger partial charge >= 0.3 is 5.97 Å². The molecule has 0 fully saturated rings. The van der Waals surface area contributed by atoms with Crippen molar-refractivity contribution < 1.29 is 17.9 Å². The van der Waals surface area contributed by atoms with Crippen LogP contribution in [0.5, 0.6) is 0 Å². The predicted octanol–water partition coefficient (Wildman–Crippen LogP) is 1.55. The number of carbonyl (C=O) groups is 1. The molecule has 5 nitrogen and oxygen atoms in total. The summed E-state index contributed by atoms with van der Waals surface area (Å²) >= 11 is 0. The van der Waals surface area contributed by atoms with Gasteiger partial charge in [-0.25, -0.2) is 8.42 Å². The Morgan fingerprint density at radius 1 is 1.26 bits per heavy atom. The molecular weight excluding hydrogens is 266 g/mol. The summed E-state index contributed by atoms with van der Waals surface area (Å²) in [5.74, 6) is -0.407. The highest BCUT2D eigenvalue weighted by molar-refractivity contribution is 7.89. The molecule has 0 radical (unpaired) electrons. The van der Waals surface area contributed by atoms with Crippen LogP contribution in [0, 0.1) is 5.92 Å².